The largest absolute Gasteiger partial charge is 0.456 e. The van der Waals surface area contributed by atoms with Gasteiger partial charge in [0, 0.05) is 24.0 Å². The number of para-hydroxylation sites is 2. The molecule has 0 bridgehead atoms. The lowest BCUT2D eigenvalue weighted by molar-refractivity contribution is -0.392. The van der Waals surface area contributed by atoms with Crippen LogP contribution in [-0.4, -0.2) is 13.2 Å². The van der Waals surface area contributed by atoms with Crippen LogP contribution in [0.15, 0.2) is 106 Å². The van der Waals surface area contributed by atoms with Crippen molar-refractivity contribution in [3.63, 3.8) is 0 Å². The van der Waals surface area contributed by atoms with Gasteiger partial charge in [-0.1, -0.05) is 48.5 Å². The van der Waals surface area contributed by atoms with Crippen LogP contribution in [0, 0.1) is 0 Å². The van der Waals surface area contributed by atoms with Gasteiger partial charge in [0.05, 0.1) is 22.2 Å². The highest BCUT2D eigenvalue weighted by atomic mass is 79.9. The number of ether oxygens (including phenoxy) is 5. The number of benzene rings is 4. The topological polar surface area (TPSA) is 46.2 Å². The fraction of sp³-hybridized carbons (Fsp3) is 0.294. The molecule has 0 N–H and O–H groups in total. The molecule has 2 unspecified atom stereocenters. The van der Waals surface area contributed by atoms with Gasteiger partial charge in [0.1, 0.15) is 23.0 Å². The minimum atomic E-state index is -0.984. The fourth-order valence-electron chi connectivity index (χ4n) is 5.44. The standard InChI is InChI=1S/C34H32Br2O5/c35-29-15-1-3-17-31(29)39-27-13-9-11-25(23-27)33(19-5-7-21-37-33)41-34(20-6-8-22-38-34)26-12-10-14-28(24-26)40-32-18-4-2-16-30(32)36/h1-4,9-18,23-24H,5-8,19-22H2. The van der Waals surface area contributed by atoms with E-state index in [2.05, 4.69) is 44.0 Å². The molecule has 0 spiro atoms. The Morgan fingerprint density at radius 3 is 1.41 bits per heavy atom. The van der Waals surface area contributed by atoms with Crippen molar-refractivity contribution in [2.75, 3.05) is 13.2 Å². The van der Waals surface area contributed by atoms with E-state index >= 15 is 0 Å². The zero-order valence-corrected chi connectivity index (χ0v) is 25.9. The smallest absolute Gasteiger partial charge is 0.198 e. The Hall–Kier alpha value is -2.68. The monoisotopic (exact) mass is 678 g/mol. The SMILES string of the molecule is Brc1ccccc1Oc1cccc(C2(OC3(c4cccc(Oc5ccccc5Br)c4)CCCCO3)CCCCO2)c1. The van der Waals surface area contributed by atoms with Crippen molar-refractivity contribution in [3.8, 4) is 23.0 Å². The van der Waals surface area contributed by atoms with Gasteiger partial charge in [0.15, 0.2) is 11.6 Å². The molecule has 212 valence electrons. The Morgan fingerprint density at radius 1 is 0.537 bits per heavy atom. The Kier molecular flexibility index (Phi) is 8.79. The van der Waals surface area contributed by atoms with Crippen molar-refractivity contribution in [1.29, 1.82) is 0 Å². The van der Waals surface area contributed by atoms with Gasteiger partial charge in [-0.05, 0) is 106 Å². The predicted molar refractivity (Wildman–Crippen MR) is 165 cm³/mol. The van der Waals surface area contributed by atoms with E-state index in [1.54, 1.807) is 0 Å². The van der Waals surface area contributed by atoms with Crippen molar-refractivity contribution in [1.82, 2.24) is 0 Å². The van der Waals surface area contributed by atoms with Crippen molar-refractivity contribution in [2.24, 2.45) is 0 Å². The van der Waals surface area contributed by atoms with Crippen LogP contribution in [0.5, 0.6) is 23.0 Å². The number of rotatable bonds is 8. The van der Waals surface area contributed by atoms with Crippen LogP contribution in [0.25, 0.3) is 0 Å². The van der Waals surface area contributed by atoms with Crippen molar-refractivity contribution in [2.45, 2.75) is 50.1 Å². The second-order valence-corrected chi connectivity index (χ2v) is 12.0. The maximum Gasteiger partial charge on any atom is 0.198 e. The van der Waals surface area contributed by atoms with Crippen LogP contribution in [-0.2, 0) is 25.8 Å². The molecule has 0 amide bonds. The Balaban J connectivity index is 1.35. The third kappa shape index (κ3) is 6.40. The maximum atomic E-state index is 7.16. The average Bonchev–Trinajstić information content (AvgIpc) is 3.01. The summed E-state index contributed by atoms with van der Waals surface area (Å²) in [5.74, 6) is 0.962. The van der Waals surface area contributed by atoms with E-state index in [9.17, 15) is 0 Å². The van der Waals surface area contributed by atoms with E-state index in [0.29, 0.717) is 37.6 Å². The molecule has 4 aromatic rings. The summed E-state index contributed by atoms with van der Waals surface area (Å²) in [4.78, 5) is 0. The van der Waals surface area contributed by atoms with Gasteiger partial charge in [-0.25, -0.2) is 0 Å². The van der Waals surface area contributed by atoms with Gasteiger partial charge in [0.25, 0.3) is 0 Å². The van der Waals surface area contributed by atoms with Crippen LogP contribution >= 0.6 is 31.9 Å². The lowest BCUT2D eigenvalue weighted by Crippen LogP contribution is -2.47. The van der Waals surface area contributed by atoms with E-state index in [4.69, 9.17) is 23.7 Å². The van der Waals surface area contributed by atoms with Gasteiger partial charge in [-0.2, -0.15) is 0 Å². The zero-order chi connectivity index (χ0) is 28.1. The summed E-state index contributed by atoms with van der Waals surface area (Å²) in [6.45, 7) is 1.22. The van der Waals surface area contributed by atoms with Gasteiger partial charge < -0.3 is 23.7 Å². The van der Waals surface area contributed by atoms with Crippen LogP contribution in [0.2, 0.25) is 0 Å². The third-order valence-corrected chi connectivity index (χ3v) is 8.79. The minimum Gasteiger partial charge on any atom is -0.456 e. The molecule has 4 aromatic carbocycles. The molecule has 41 heavy (non-hydrogen) atoms. The first kappa shape index (κ1) is 28.4. The first-order chi connectivity index (χ1) is 20.1. The lowest BCUT2D eigenvalue weighted by atomic mass is 9.93. The molecule has 7 heteroatoms. The average molecular weight is 680 g/mol. The first-order valence-corrected chi connectivity index (χ1v) is 15.7. The van der Waals surface area contributed by atoms with Gasteiger partial charge in [-0.15, -0.1) is 0 Å². The third-order valence-electron chi connectivity index (χ3n) is 7.48. The number of hydrogen-bond acceptors (Lipinski definition) is 5. The summed E-state index contributed by atoms with van der Waals surface area (Å²) in [6.07, 6.45) is 5.36. The van der Waals surface area contributed by atoms with Crippen molar-refractivity contribution < 1.29 is 23.7 Å². The summed E-state index contributed by atoms with van der Waals surface area (Å²) in [5, 5.41) is 0. The van der Waals surface area contributed by atoms with E-state index in [0.717, 1.165) is 57.3 Å². The summed E-state index contributed by atoms with van der Waals surface area (Å²) in [7, 11) is 0. The fourth-order valence-corrected chi connectivity index (χ4v) is 6.17. The Labute approximate surface area is 258 Å². The van der Waals surface area contributed by atoms with E-state index in [-0.39, 0.29) is 0 Å². The highest BCUT2D eigenvalue weighted by Crippen LogP contribution is 2.48. The molecule has 0 aromatic heterocycles. The first-order valence-electron chi connectivity index (χ1n) is 14.1. The molecule has 2 aliphatic heterocycles. The minimum absolute atomic E-state index is 0.608. The highest BCUT2D eigenvalue weighted by Gasteiger charge is 2.48. The summed E-state index contributed by atoms with van der Waals surface area (Å²) in [6, 6.07) is 31.7. The van der Waals surface area contributed by atoms with Crippen LogP contribution < -0.4 is 9.47 Å². The molecule has 5 nitrogen and oxygen atoms in total. The highest BCUT2D eigenvalue weighted by molar-refractivity contribution is 9.10. The van der Waals surface area contributed by atoms with E-state index in [1.807, 2.05) is 84.9 Å². The number of hydrogen-bond donors (Lipinski definition) is 0. The van der Waals surface area contributed by atoms with Crippen molar-refractivity contribution in [3.05, 3.63) is 117 Å². The second kappa shape index (κ2) is 12.7. The van der Waals surface area contributed by atoms with Gasteiger partial charge in [-0.3, -0.25) is 0 Å². The quantitative estimate of drug-likeness (QED) is 0.185. The molecule has 2 fully saturated rings. The van der Waals surface area contributed by atoms with Crippen LogP contribution in [0.1, 0.15) is 49.7 Å². The van der Waals surface area contributed by atoms with Gasteiger partial charge >= 0.3 is 0 Å². The summed E-state index contributed by atoms with van der Waals surface area (Å²) < 4.78 is 34.6. The molecule has 6 rings (SSSR count). The molecule has 0 radical (unpaired) electrons. The normalized spacial score (nSPS) is 22.7. The lowest BCUT2D eigenvalue weighted by Gasteiger charge is -2.47. The van der Waals surface area contributed by atoms with Crippen LogP contribution in [0.4, 0.5) is 0 Å². The molecule has 2 saturated heterocycles. The molecule has 2 heterocycles. The molecule has 2 aliphatic rings. The molecule has 2 atom stereocenters. The molecular weight excluding hydrogens is 648 g/mol. The molecular formula is C34H32Br2O5. The Morgan fingerprint density at radius 2 is 1.00 bits per heavy atom. The van der Waals surface area contributed by atoms with Gasteiger partial charge in [0.2, 0.25) is 0 Å². The second-order valence-electron chi connectivity index (χ2n) is 10.3. The Bertz CT molecular complexity index is 1370. The van der Waals surface area contributed by atoms with E-state index < -0.39 is 11.6 Å². The zero-order valence-electron chi connectivity index (χ0n) is 22.7. The summed E-state index contributed by atoms with van der Waals surface area (Å²) >= 11 is 7.17. The van der Waals surface area contributed by atoms with Crippen LogP contribution in [0.3, 0.4) is 0 Å². The molecule has 0 aliphatic carbocycles. The number of halogens is 2. The van der Waals surface area contributed by atoms with Crippen molar-refractivity contribution >= 4 is 31.9 Å². The van der Waals surface area contributed by atoms with E-state index in [1.165, 1.54) is 0 Å². The predicted octanol–water partition coefficient (Wildman–Crippen LogP) is 10.2. The summed E-state index contributed by atoms with van der Waals surface area (Å²) in [5.41, 5.74) is 1.83. The molecule has 0 saturated carbocycles. The maximum absolute atomic E-state index is 7.16.